The molecule has 0 saturated carbocycles. The number of ether oxygens (including phenoxy) is 1. The third kappa shape index (κ3) is 5.37. The molecule has 0 bridgehead atoms. The zero-order valence-corrected chi connectivity index (χ0v) is 21.2. The van der Waals surface area contributed by atoms with Gasteiger partial charge in [0.05, 0.1) is 30.0 Å². The van der Waals surface area contributed by atoms with Gasteiger partial charge in [-0.1, -0.05) is 6.07 Å². The highest BCUT2D eigenvalue weighted by molar-refractivity contribution is 7.89. The van der Waals surface area contributed by atoms with Crippen LogP contribution < -0.4 is 5.43 Å². The molecule has 0 aliphatic carbocycles. The number of nitrogens with one attached hydrogen (secondary N) is 1. The summed E-state index contributed by atoms with van der Waals surface area (Å²) in [6, 6.07) is 10.8. The topological polar surface area (TPSA) is 111 Å². The highest BCUT2D eigenvalue weighted by Crippen LogP contribution is 2.24. The summed E-state index contributed by atoms with van der Waals surface area (Å²) >= 11 is 0. The molecular weight excluding hydrogens is 468 g/mol. The van der Waals surface area contributed by atoms with E-state index in [9.17, 15) is 13.2 Å². The summed E-state index contributed by atoms with van der Waals surface area (Å²) in [4.78, 5) is 12.5. The van der Waals surface area contributed by atoms with Crippen LogP contribution in [-0.4, -0.2) is 65.5 Å². The Morgan fingerprint density at radius 1 is 1.11 bits per heavy atom. The molecule has 0 atom stereocenters. The molecule has 1 N–H and O–H groups in total. The maximum Gasteiger partial charge on any atom is 0.261 e. The Morgan fingerprint density at radius 3 is 2.54 bits per heavy atom. The van der Waals surface area contributed by atoms with Crippen molar-refractivity contribution in [3.8, 4) is 5.69 Å². The summed E-state index contributed by atoms with van der Waals surface area (Å²) in [6.07, 6.45) is 1.59. The Balaban J connectivity index is 1.51. The van der Waals surface area contributed by atoms with E-state index in [4.69, 9.17) is 4.74 Å². The van der Waals surface area contributed by atoms with Crippen molar-refractivity contribution in [2.45, 2.75) is 39.1 Å². The van der Waals surface area contributed by atoms with Crippen molar-refractivity contribution in [3.05, 3.63) is 64.7 Å². The zero-order valence-electron chi connectivity index (χ0n) is 20.4. The van der Waals surface area contributed by atoms with Crippen LogP contribution in [0.4, 0.5) is 0 Å². The van der Waals surface area contributed by atoms with Gasteiger partial charge in [0.15, 0.2) is 0 Å². The van der Waals surface area contributed by atoms with E-state index in [1.54, 1.807) is 29.1 Å². The average molecular weight is 499 g/mol. The minimum Gasteiger partial charge on any atom is -0.379 e. The first kappa shape index (κ1) is 24.8. The first-order valence-electron chi connectivity index (χ1n) is 11.4. The number of nitrogens with zero attached hydrogens (tertiary/aromatic N) is 5. The number of amides is 1. The third-order valence-electron chi connectivity index (χ3n) is 5.94. The van der Waals surface area contributed by atoms with Crippen LogP contribution in [0.3, 0.4) is 0 Å². The number of benzene rings is 1. The molecule has 1 amide bonds. The molecule has 1 aliphatic heterocycles. The maximum atomic E-state index is 13.1. The van der Waals surface area contributed by atoms with Crippen molar-refractivity contribution in [3.63, 3.8) is 0 Å². The van der Waals surface area contributed by atoms with Gasteiger partial charge < -0.3 is 9.30 Å². The number of hydrazone groups is 1. The van der Waals surface area contributed by atoms with Gasteiger partial charge >= 0.3 is 0 Å². The molecule has 0 spiro atoms. The smallest absolute Gasteiger partial charge is 0.261 e. The van der Waals surface area contributed by atoms with E-state index in [1.807, 2.05) is 50.5 Å². The molecule has 1 fully saturated rings. The maximum absolute atomic E-state index is 13.1. The largest absolute Gasteiger partial charge is 0.379 e. The Labute approximate surface area is 205 Å². The van der Waals surface area contributed by atoms with Gasteiger partial charge in [-0.2, -0.15) is 14.5 Å². The van der Waals surface area contributed by atoms with Crippen LogP contribution in [0.5, 0.6) is 0 Å². The molecular formula is C24H30N6O4S. The predicted molar refractivity (Wildman–Crippen MR) is 132 cm³/mol. The van der Waals surface area contributed by atoms with Crippen LogP contribution in [0.25, 0.3) is 5.69 Å². The molecule has 1 saturated heterocycles. The van der Waals surface area contributed by atoms with Crippen molar-refractivity contribution in [1.29, 1.82) is 0 Å². The minimum absolute atomic E-state index is 0.0838. The first-order valence-corrected chi connectivity index (χ1v) is 12.8. The van der Waals surface area contributed by atoms with Crippen molar-refractivity contribution < 1.29 is 17.9 Å². The number of sulfonamides is 1. The number of aromatic nitrogens is 3. The average Bonchev–Trinajstić information content (AvgIpc) is 3.30. The lowest BCUT2D eigenvalue weighted by atomic mass is 10.2. The molecule has 1 aromatic carbocycles. The lowest BCUT2D eigenvalue weighted by molar-refractivity contribution is -0.121. The van der Waals surface area contributed by atoms with E-state index in [0.717, 1.165) is 34.0 Å². The fourth-order valence-corrected chi connectivity index (χ4v) is 5.66. The highest BCUT2D eigenvalue weighted by Gasteiger charge is 2.26. The van der Waals surface area contributed by atoms with Crippen molar-refractivity contribution >= 4 is 22.1 Å². The number of hydrogen-bond acceptors (Lipinski definition) is 6. The standard InChI is InChI=1S/C24H30N6O4S/c1-17-12-18(2)29(27-17)16-24(31)26-25-15-21-13-19(3)30(20(21)4)22-6-5-7-23(14-22)35(32,33)28-8-10-34-11-9-28/h5-7,12-15H,8-11,16H2,1-4H3,(H,26,31)/b25-15+. The van der Waals surface area contributed by atoms with Gasteiger partial charge in [-0.25, -0.2) is 13.8 Å². The molecule has 2 aromatic heterocycles. The second-order valence-corrected chi connectivity index (χ2v) is 10.5. The van der Waals surface area contributed by atoms with Crippen LogP contribution in [-0.2, 0) is 26.1 Å². The third-order valence-corrected chi connectivity index (χ3v) is 7.84. The lowest BCUT2D eigenvalue weighted by Crippen LogP contribution is -2.40. The molecule has 11 heteroatoms. The number of carbonyl (C=O) groups is 1. The molecule has 3 heterocycles. The summed E-state index contributed by atoms with van der Waals surface area (Å²) in [6.45, 7) is 9.21. The number of aryl methyl sites for hydroxylation is 3. The highest BCUT2D eigenvalue weighted by atomic mass is 32.2. The van der Waals surface area contributed by atoms with Gasteiger partial charge in [-0.15, -0.1) is 0 Å². The number of hydrogen-bond donors (Lipinski definition) is 1. The Bertz CT molecular complexity index is 1370. The lowest BCUT2D eigenvalue weighted by Gasteiger charge is -2.26. The van der Waals surface area contributed by atoms with Crippen LogP contribution in [0.2, 0.25) is 0 Å². The normalized spacial score (nSPS) is 15.1. The molecule has 0 radical (unpaired) electrons. The van der Waals surface area contributed by atoms with E-state index in [-0.39, 0.29) is 17.3 Å². The van der Waals surface area contributed by atoms with E-state index in [2.05, 4.69) is 15.6 Å². The van der Waals surface area contributed by atoms with E-state index in [0.29, 0.717) is 26.3 Å². The summed E-state index contributed by atoms with van der Waals surface area (Å²) < 4.78 is 36.5. The summed E-state index contributed by atoms with van der Waals surface area (Å²) in [5.41, 5.74) is 7.65. The first-order chi connectivity index (χ1) is 16.7. The molecule has 35 heavy (non-hydrogen) atoms. The van der Waals surface area contributed by atoms with Crippen LogP contribution in [0.1, 0.15) is 28.3 Å². The fraction of sp³-hybridized carbons (Fsp3) is 0.375. The van der Waals surface area contributed by atoms with Gasteiger partial charge in [0, 0.05) is 41.4 Å². The zero-order chi connectivity index (χ0) is 25.2. The van der Waals surface area contributed by atoms with Gasteiger partial charge in [0.1, 0.15) is 6.54 Å². The summed E-state index contributed by atoms with van der Waals surface area (Å²) in [7, 11) is -3.60. The Hall–Kier alpha value is -3.28. The Morgan fingerprint density at radius 2 is 1.86 bits per heavy atom. The number of morpholine rings is 1. The molecule has 4 rings (SSSR count). The molecule has 1 aliphatic rings. The van der Waals surface area contributed by atoms with E-state index in [1.165, 1.54) is 4.31 Å². The second kappa shape index (κ2) is 10.1. The van der Waals surface area contributed by atoms with Crippen LogP contribution >= 0.6 is 0 Å². The quantitative estimate of drug-likeness (QED) is 0.396. The molecule has 0 unspecified atom stereocenters. The second-order valence-electron chi connectivity index (χ2n) is 8.55. The molecule has 3 aromatic rings. The van der Waals surface area contributed by atoms with E-state index < -0.39 is 10.0 Å². The van der Waals surface area contributed by atoms with Crippen molar-refractivity contribution in [2.75, 3.05) is 26.3 Å². The Kier molecular flexibility index (Phi) is 7.20. The summed E-state index contributed by atoms with van der Waals surface area (Å²) in [5.74, 6) is -0.276. The van der Waals surface area contributed by atoms with Gasteiger partial charge in [-0.3, -0.25) is 9.48 Å². The van der Waals surface area contributed by atoms with E-state index >= 15 is 0 Å². The van der Waals surface area contributed by atoms with Gasteiger partial charge in [0.25, 0.3) is 5.91 Å². The van der Waals surface area contributed by atoms with Gasteiger partial charge in [-0.05, 0) is 58.0 Å². The van der Waals surface area contributed by atoms with Crippen LogP contribution in [0, 0.1) is 27.7 Å². The predicted octanol–water partition coefficient (Wildman–Crippen LogP) is 2.08. The van der Waals surface area contributed by atoms with Gasteiger partial charge in [0.2, 0.25) is 10.0 Å². The van der Waals surface area contributed by atoms with Crippen LogP contribution in [0.15, 0.2) is 46.4 Å². The monoisotopic (exact) mass is 498 g/mol. The number of carbonyl (C=O) groups excluding carboxylic acids is 1. The SMILES string of the molecule is Cc1cc(C)n(CC(=O)N/N=C/c2cc(C)n(-c3cccc(S(=O)(=O)N4CCOCC4)c3)c2C)n1. The molecule has 186 valence electrons. The summed E-state index contributed by atoms with van der Waals surface area (Å²) in [5, 5.41) is 8.39. The minimum atomic E-state index is -3.60. The van der Waals surface area contributed by atoms with Crippen molar-refractivity contribution in [2.24, 2.45) is 5.10 Å². The van der Waals surface area contributed by atoms with Crippen molar-refractivity contribution in [1.82, 2.24) is 24.1 Å². The molecule has 10 nitrogen and oxygen atoms in total. The number of rotatable bonds is 7. The fourth-order valence-electron chi connectivity index (χ4n) is 4.21.